The van der Waals surface area contributed by atoms with Gasteiger partial charge in [-0.3, -0.25) is 0 Å². The second-order valence-electron chi connectivity index (χ2n) is 13.6. The molecule has 2 nitrogen and oxygen atoms in total. The molecule has 2 N–H and O–H groups in total. The molecule has 6 fully saturated rings. The van der Waals surface area contributed by atoms with Crippen molar-refractivity contribution in [2.24, 2.45) is 47.3 Å². The molecule has 6 aliphatic rings. The lowest BCUT2D eigenvalue weighted by Crippen LogP contribution is -2.55. The van der Waals surface area contributed by atoms with Crippen LogP contribution in [0.2, 0.25) is 0 Å². The average molecular weight is 455 g/mol. The summed E-state index contributed by atoms with van der Waals surface area (Å²) in [5.74, 6) is 8.27. The molecule has 6 aliphatic carbocycles. The van der Waals surface area contributed by atoms with Crippen LogP contribution in [0.3, 0.4) is 0 Å². The summed E-state index contributed by atoms with van der Waals surface area (Å²) in [5, 5.41) is 8.46. The SMILES string of the molecule is C(CNC1C2CCCCC2CC2CCCCC21)CNC1C2CCCCC2CC2CCCCC21. The second kappa shape index (κ2) is 10.9. The quantitative estimate of drug-likeness (QED) is 0.411. The summed E-state index contributed by atoms with van der Waals surface area (Å²) in [6.45, 7) is 2.53. The number of hydrogen-bond donors (Lipinski definition) is 2. The molecule has 0 bridgehead atoms. The van der Waals surface area contributed by atoms with E-state index in [0.717, 1.165) is 59.4 Å². The van der Waals surface area contributed by atoms with Crippen molar-refractivity contribution in [2.75, 3.05) is 13.1 Å². The predicted octanol–water partition coefficient (Wildman–Crippen LogP) is 7.33. The summed E-state index contributed by atoms with van der Waals surface area (Å²) in [4.78, 5) is 0. The van der Waals surface area contributed by atoms with Gasteiger partial charge in [-0.05, 0) is 105 Å². The highest BCUT2D eigenvalue weighted by atomic mass is 15.0. The van der Waals surface area contributed by atoms with E-state index in [-0.39, 0.29) is 0 Å². The van der Waals surface area contributed by atoms with Crippen molar-refractivity contribution in [2.45, 2.75) is 134 Å². The summed E-state index contributed by atoms with van der Waals surface area (Å²) in [7, 11) is 0. The van der Waals surface area contributed by atoms with E-state index in [1.165, 1.54) is 96.6 Å². The average Bonchev–Trinajstić information content (AvgIpc) is 2.87. The Hall–Kier alpha value is -0.0800. The lowest BCUT2D eigenvalue weighted by molar-refractivity contribution is 0.0104. The van der Waals surface area contributed by atoms with Crippen LogP contribution in [0.4, 0.5) is 0 Å². The van der Waals surface area contributed by atoms with Gasteiger partial charge in [0.25, 0.3) is 0 Å². The summed E-state index contributed by atoms with van der Waals surface area (Å²) in [6.07, 6.45) is 28.9. The van der Waals surface area contributed by atoms with Crippen molar-refractivity contribution in [1.82, 2.24) is 10.6 Å². The fraction of sp³-hybridized carbons (Fsp3) is 1.00. The van der Waals surface area contributed by atoms with Crippen LogP contribution in [0.1, 0.15) is 122 Å². The number of fused-ring (bicyclic) bond motifs is 4. The van der Waals surface area contributed by atoms with Crippen molar-refractivity contribution in [1.29, 1.82) is 0 Å². The molecular formula is C31H54N2. The molecule has 188 valence electrons. The van der Waals surface area contributed by atoms with Crippen molar-refractivity contribution < 1.29 is 0 Å². The molecule has 0 aliphatic heterocycles. The van der Waals surface area contributed by atoms with Crippen LogP contribution >= 0.6 is 0 Å². The van der Waals surface area contributed by atoms with Gasteiger partial charge in [0.05, 0.1) is 0 Å². The normalized spacial score (nSPS) is 47.6. The Bertz CT molecular complexity index is 522. The number of rotatable bonds is 6. The van der Waals surface area contributed by atoms with Gasteiger partial charge in [0.1, 0.15) is 0 Å². The molecule has 0 radical (unpaired) electrons. The maximum atomic E-state index is 4.23. The van der Waals surface area contributed by atoms with E-state index >= 15 is 0 Å². The van der Waals surface area contributed by atoms with Gasteiger partial charge in [-0.15, -0.1) is 0 Å². The first-order valence-corrected chi connectivity index (χ1v) is 15.9. The van der Waals surface area contributed by atoms with E-state index in [2.05, 4.69) is 10.6 Å². The summed E-state index contributed by atoms with van der Waals surface area (Å²) in [6, 6.07) is 1.71. The molecule has 6 rings (SSSR count). The van der Waals surface area contributed by atoms with Gasteiger partial charge >= 0.3 is 0 Å². The van der Waals surface area contributed by atoms with Crippen LogP contribution in [-0.4, -0.2) is 25.2 Å². The van der Waals surface area contributed by atoms with E-state index in [1.54, 1.807) is 38.5 Å². The first-order chi connectivity index (χ1) is 16.4. The molecule has 0 amide bonds. The fourth-order valence-corrected chi connectivity index (χ4v) is 10.7. The first-order valence-electron chi connectivity index (χ1n) is 15.9. The molecule has 6 saturated carbocycles. The molecule has 2 heteroatoms. The van der Waals surface area contributed by atoms with Gasteiger partial charge in [-0.2, -0.15) is 0 Å². The largest absolute Gasteiger partial charge is 0.313 e. The first kappa shape index (κ1) is 23.3. The van der Waals surface area contributed by atoms with E-state index in [9.17, 15) is 0 Å². The van der Waals surface area contributed by atoms with Crippen molar-refractivity contribution in [3.8, 4) is 0 Å². The van der Waals surface area contributed by atoms with Gasteiger partial charge in [0.15, 0.2) is 0 Å². The van der Waals surface area contributed by atoms with Gasteiger partial charge in [0, 0.05) is 12.1 Å². The van der Waals surface area contributed by atoms with Gasteiger partial charge in [-0.1, -0.05) is 77.0 Å². The van der Waals surface area contributed by atoms with Crippen LogP contribution in [0, 0.1) is 47.3 Å². The molecule has 8 atom stereocenters. The molecule has 0 spiro atoms. The van der Waals surface area contributed by atoms with E-state index in [0.29, 0.717) is 0 Å². The monoisotopic (exact) mass is 454 g/mol. The third kappa shape index (κ3) is 4.96. The Kier molecular flexibility index (Phi) is 7.70. The maximum absolute atomic E-state index is 4.23. The van der Waals surface area contributed by atoms with Gasteiger partial charge in [0.2, 0.25) is 0 Å². The van der Waals surface area contributed by atoms with Crippen LogP contribution in [0.25, 0.3) is 0 Å². The molecular weight excluding hydrogens is 400 g/mol. The smallest absolute Gasteiger partial charge is 0.0129 e. The topological polar surface area (TPSA) is 24.1 Å². The molecule has 0 aromatic heterocycles. The Morgan fingerprint density at radius 1 is 0.394 bits per heavy atom. The van der Waals surface area contributed by atoms with Crippen LogP contribution in [-0.2, 0) is 0 Å². The predicted molar refractivity (Wildman–Crippen MR) is 139 cm³/mol. The summed E-state index contributed by atoms with van der Waals surface area (Å²) in [5.41, 5.74) is 0. The summed E-state index contributed by atoms with van der Waals surface area (Å²) < 4.78 is 0. The molecule has 0 aromatic carbocycles. The molecule has 0 saturated heterocycles. The standard InChI is InChI=1S/C31H54N2/c1-5-14-26-22(10-1)20-23-11-2-6-15-27(23)30(26)32-18-9-19-33-31-28-16-7-3-12-24(28)21-25-13-4-8-17-29(25)31/h22-33H,1-21H2. The second-order valence-corrected chi connectivity index (χ2v) is 13.6. The number of hydrogen-bond acceptors (Lipinski definition) is 2. The maximum Gasteiger partial charge on any atom is 0.0129 e. The zero-order valence-corrected chi connectivity index (χ0v) is 21.6. The third-order valence-corrected chi connectivity index (χ3v) is 12.0. The molecule has 33 heavy (non-hydrogen) atoms. The Balaban J connectivity index is 1.03. The van der Waals surface area contributed by atoms with Crippen LogP contribution < -0.4 is 10.6 Å². The number of nitrogens with one attached hydrogen (secondary N) is 2. The minimum absolute atomic E-state index is 0.856. The van der Waals surface area contributed by atoms with Crippen molar-refractivity contribution >= 4 is 0 Å². The van der Waals surface area contributed by atoms with Gasteiger partial charge in [-0.25, -0.2) is 0 Å². The van der Waals surface area contributed by atoms with Crippen molar-refractivity contribution in [3.05, 3.63) is 0 Å². The Morgan fingerprint density at radius 3 is 1.03 bits per heavy atom. The van der Waals surface area contributed by atoms with E-state index in [1.807, 2.05) is 0 Å². The van der Waals surface area contributed by atoms with Crippen LogP contribution in [0.5, 0.6) is 0 Å². The zero-order chi connectivity index (χ0) is 22.0. The molecule has 0 heterocycles. The highest BCUT2D eigenvalue weighted by Gasteiger charge is 2.46. The minimum Gasteiger partial charge on any atom is -0.313 e. The fourth-order valence-electron chi connectivity index (χ4n) is 10.7. The third-order valence-electron chi connectivity index (χ3n) is 12.0. The van der Waals surface area contributed by atoms with Crippen LogP contribution in [0.15, 0.2) is 0 Å². The lowest BCUT2D eigenvalue weighted by atomic mass is 9.57. The zero-order valence-electron chi connectivity index (χ0n) is 21.6. The van der Waals surface area contributed by atoms with E-state index in [4.69, 9.17) is 0 Å². The highest BCUT2D eigenvalue weighted by Crippen LogP contribution is 2.51. The highest BCUT2D eigenvalue weighted by molar-refractivity contribution is 5.00. The van der Waals surface area contributed by atoms with E-state index < -0.39 is 0 Å². The minimum atomic E-state index is 0.856. The molecule has 0 aromatic rings. The lowest BCUT2D eigenvalue weighted by Gasteiger charge is -2.52. The molecule has 8 unspecified atom stereocenters. The van der Waals surface area contributed by atoms with Gasteiger partial charge < -0.3 is 10.6 Å². The Labute approximate surface area is 205 Å². The summed E-state index contributed by atoms with van der Waals surface area (Å²) >= 11 is 0. The van der Waals surface area contributed by atoms with Crippen molar-refractivity contribution in [3.63, 3.8) is 0 Å². The Morgan fingerprint density at radius 2 is 0.697 bits per heavy atom.